The summed E-state index contributed by atoms with van der Waals surface area (Å²) in [6.45, 7) is 0. The summed E-state index contributed by atoms with van der Waals surface area (Å²) in [6.07, 6.45) is 0. The molecule has 0 heterocycles. The largest absolute Gasteiger partial charge is 0.497 e. The lowest BCUT2D eigenvalue weighted by molar-refractivity contribution is 0.414. The van der Waals surface area contributed by atoms with E-state index in [9.17, 15) is 4.39 Å². The molecule has 0 saturated heterocycles. The number of benzene rings is 2. The molecule has 0 atom stereocenters. The topological polar surface area (TPSA) is 9.23 Å². The van der Waals surface area contributed by atoms with Crippen LogP contribution in [0.15, 0.2) is 48.5 Å². The highest BCUT2D eigenvalue weighted by Gasteiger charge is 1.95. The van der Waals surface area contributed by atoms with Crippen LogP contribution in [0.2, 0.25) is 0 Å². The lowest BCUT2D eigenvalue weighted by atomic mass is 10.1. The van der Waals surface area contributed by atoms with Gasteiger partial charge >= 0.3 is 0 Å². The first-order valence-electron chi connectivity index (χ1n) is 5.20. The Morgan fingerprint density at radius 3 is 2.59 bits per heavy atom. The average Bonchev–Trinajstić information content (AvgIpc) is 2.38. The molecule has 2 aromatic carbocycles. The molecule has 17 heavy (non-hydrogen) atoms. The van der Waals surface area contributed by atoms with Crippen LogP contribution < -0.4 is 4.74 Å². The third-order valence-electron chi connectivity index (χ3n) is 2.29. The number of hydrogen-bond donors (Lipinski definition) is 0. The highest BCUT2D eigenvalue weighted by atomic mass is 19.1. The van der Waals surface area contributed by atoms with Gasteiger partial charge in [0, 0.05) is 5.56 Å². The van der Waals surface area contributed by atoms with Gasteiger partial charge in [-0.1, -0.05) is 30.0 Å². The van der Waals surface area contributed by atoms with Gasteiger partial charge in [-0.15, -0.1) is 0 Å². The van der Waals surface area contributed by atoms with Gasteiger partial charge in [-0.05, 0) is 30.3 Å². The first-order chi connectivity index (χ1) is 8.29. The zero-order valence-corrected chi connectivity index (χ0v) is 9.41. The Hall–Kier alpha value is -2.27. The summed E-state index contributed by atoms with van der Waals surface area (Å²) < 4.78 is 18.4. The summed E-state index contributed by atoms with van der Waals surface area (Å²) in [6, 6.07) is 13.8. The summed E-state index contributed by atoms with van der Waals surface area (Å²) >= 11 is 0. The minimum Gasteiger partial charge on any atom is -0.497 e. The van der Waals surface area contributed by atoms with E-state index < -0.39 is 0 Å². The molecule has 0 aliphatic heterocycles. The van der Waals surface area contributed by atoms with E-state index in [-0.39, 0.29) is 5.82 Å². The van der Waals surface area contributed by atoms with Crippen LogP contribution in [0.1, 0.15) is 11.1 Å². The second kappa shape index (κ2) is 5.18. The van der Waals surface area contributed by atoms with E-state index in [1.165, 1.54) is 6.07 Å². The number of halogens is 1. The van der Waals surface area contributed by atoms with E-state index in [0.29, 0.717) is 5.56 Å². The van der Waals surface area contributed by atoms with Crippen LogP contribution >= 0.6 is 0 Å². The Balaban J connectivity index is 2.30. The molecule has 84 valence electrons. The maximum atomic E-state index is 13.3. The molecule has 0 N–H and O–H groups in total. The second-order valence-electron chi connectivity index (χ2n) is 3.46. The van der Waals surface area contributed by atoms with Crippen LogP contribution in [0.5, 0.6) is 5.75 Å². The van der Waals surface area contributed by atoms with Gasteiger partial charge in [0.25, 0.3) is 0 Å². The monoisotopic (exact) mass is 226 g/mol. The van der Waals surface area contributed by atoms with Crippen molar-refractivity contribution in [3.63, 3.8) is 0 Å². The molecule has 2 aromatic rings. The van der Waals surface area contributed by atoms with Crippen LogP contribution in [-0.4, -0.2) is 7.11 Å². The number of hydrogen-bond acceptors (Lipinski definition) is 1. The maximum absolute atomic E-state index is 13.3. The van der Waals surface area contributed by atoms with Gasteiger partial charge in [0.05, 0.1) is 12.7 Å². The molecular weight excluding hydrogens is 215 g/mol. The van der Waals surface area contributed by atoms with E-state index >= 15 is 0 Å². The summed E-state index contributed by atoms with van der Waals surface area (Å²) in [5, 5.41) is 0. The summed E-state index contributed by atoms with van der Waals surface area (Å²) in [7, 11) is 1.60. The third kappa shape index (κ3) is 2.85. The molecule has 1 nitrogen and oxygen atoms in total. The predicted octanol–water partition coefficient (Wildman–Crippen LogP) is 3.23. The van der Waals surface area contributed by atoms with E-state index in [4.69, 9.17) is 4.74 Å². The lowest BCUT2D eigenvalue weighted by Gasteiger charge is -1.98. The van der Waals surface area contributed by atoms with Gasteiger partial charge in [0.2, 0.25) is 0 Å². The number of rotatable bonds is 1. The highest BCUT2D eigenvalue weighted by molar-refractivity contribution is 5.45. The van der Waals surface area contributed by atoms with Crippen molar-refractivity contribution >= 4 is 0 Å². The third-order valence-corrected chi connectivity index (χ3v) is 2.29. The van der Waals surface area contributed by atoms with Crippen LogP contribution in [0.4, 0.5) is 4.39 Å². The first kappa shape index (κ1) is 11.2. The lowest BCUT2D eigenvalue weighted by Crippen LogP contribution is -1.84. The first-order valence-corrected chi connectivity index (χ1v) is 5.20. The summed E-state index contributed by atoms with van der Waals surface area (Å²) in [5.74, 6) is 6.14. The number of ether oxygens (including phenoxy) is 1. The SMILES string of the molecule is COc1cccc(C#Cc2ccccc2F)c1. The number of methoxy groups -OCH3 is 1. The molecule has 2 heteroatoms. The van der Waals surface area contributed by atoms with Crippen LogP contribution in [-0.2, 0) is 0 Å². The molecule has 0 aromatic heterocycles. The standard InChI is InChI=1S/C15H11FO/c1-17-14-7-4-5-12(11-14)9-10-13-6-2-3-8-15(13)16/h2-8,11H,1H3. The van der Waals surface area contributed by atoms with Crippen molar-refractivity contribution in [3.05, 3.63) is 65.5 Å². The van der Waals surface area contributed by atoms with Gasteiger partial charge < -0.3 is 4.74 Å². The molecule has 0 fully saturated rings. The fraction of sp³-hybridized carbons (Fsp3) is 0.0667. The zero-order valence-electron chi connectivity index (χ0n) is 9.41. The van der Waals surface area contributed by atoms with Crippen molar-refractivity contribution in [3.8, 4) is 17.6 Å². The van der Waals surface area contributed by atoms with Crippen LogP contribution in [0.3, 0.4) is 0 Å². The highest BCUT2D eigenvalue weighted by Crippen LogP contribution is 2.12. The molecule has 0 saturated carbocycles. The molecule has 0 radical (unpaired) electrons. The van der Waals surface area contributed by atoms with Crippen molar-refractivity contribution in [2.45, 2.75) is 0 Å². The molecular formula is C15H11FO. The van der Waals surface area contributed by atoms with E-state index in [1.807, 2.05) is 24.3 Å². The van der Waals surface area contributed by atoms with Crippen LogP contribution in [0, 0.1) is 17.7 Å². The van der Waals surface area contributed by atoms with Crippen molar-refractivity contribution in [2.75, 3.05) is 7.11 Å². The Kier molecular flexibility index (Phi) is 3.42. The summed E-state index contributed by atoms with van der Waals surface area (Å²) in [5.41, 5.74) is 1.20. The normalized spacial score (nSPS) is 9.29. The minimum absolute atomic E-state index is 0.303. The minimum atomic E-state index is -0.303. The Morgan fingerprint density at radius 2 is 1.82 bits per heavy atom. The Bertz CT molecular complexity index is 579. The van der Waals surface area contributed by atoms with E-state index in [2.05, 4.69) is 11.8 Å². The van der Waals surface area contributed by atoms with Crippen molar-refractivity contribution < 1.29 is 9.13 Å². The smallest absolute Gasteiger partial charge is 0.138 e. The average molecular weight is 226 g/mol. The van der Waals surface area contributed by atoms with Gasteiger partial charge in [-0.2, -0.15) is 0 Å². The Labute approximate surface area is 99.9 Å². The van der Waals surface area contributed by atoms with E-state index in [1.54, 1.807) is 25.3 Å². The van der Waals surface area contributed by atoms with Gasteiger partial charge in [-0.3, -0.25) is 0 Å². The molecule has 0 aliphatic carbocycles. The predicted molar refractivity (Wildman–Crippen MR) is 65.4 cm³/mol. The molecule has 0 unspecified atom stereocenters. The molecule has 0 aliphatic rings. The maximum Gasteiger partial charge on any atom is 0.138 e. The van der Waals surface area contributed by atoms with Gasteiger partial charge in [-0.25, -0.2) is 4.39 Å². The zero-order chi connectivity index (χ0) is 12.1. The van der Waals surface area contributed by atoms with Crippen molar-refractivity contribution in [1.82, 2.24) is 0 Å². The Morgan fingerprint density at radius 1 is 1.00 bits per heavy atom. The van der Waals surface area contributed by atoms with Crippen LogP contribution in [0.25, 0.3) is 0 Å². The fourth-order valence-corrected chi connectivity index (χ4v) is 1.40. The second-order valence-corrected chi connectivity index (χ2v) is 3.46. The van der Waals surface area contributed by atoms with Gasteiger partial charge in [0.1, 0.15) is 11.6 Å². The molecule has 0 bridgehead atoms. The van der Waals surface area contributed by atoms with Crippen molar-refractivity contribution in [1.29, 1.82) is 0 Å². The van der Waals surface area contributed by atoms with Gasteiger partial charge in [0.15, 0.2) is 0 Å². The fourth-order valence-electron chi connectivity index (χ4n) is 1.40. The van der Waals surface area contributed by atoms with Crippen molar-refractivity contribution in [2.24, 2.45) is 0 Å². The molecule has 2 rings (SSSR count). The van der Waals surface area contributed by atoms with E-state index in [0.717, 1.165) is 11.3 Å². The quantitative estimate of drug-likeness (QED) is 0.678. The molecule has 0 amide bonds. The summed E-state index contributed by atoms with van der Waals surface area (Å²) in [4.78, 5) is 0. The molecule has 0 spiro atoms.